The van der Waals surface area contributed by atoms with Gasteiger partial charge in [-0.2, -0.15) is 13.2 Å². The second-order valence-corrected chi connectivity index (χ2v) is 8.55. The summed E-state index contributed by atoms with van der Waals surface area (Å²) in [5.41, 5.74) is -0.460. The summed E-state index contributed by atoms with van der Waals surface area (Å²) in [5, 5.41) is 3.86. The summed E-state index contributed by atoms with van der Waals surface area (Å²) < 4.78 is 79.1. The Morgan fingerprint density at radius 2 is 1.88 bits per heavy atom. The minimum atomic E-state index is -4.98. The van der Waals surface area contributed by atoms with Crippen molar-refractivity contribution in [1.82, 2.24) is 15.3 Å². The molecule has 0 bridgehead atoms. The van der Waals surface area contributed by atoms with E-state index in [0.29, 0.717) is 25.2 Å². The van der Waals surface area contributed by atoms with E-state index in [0.717, 1.165) is 19.2 Å². The van der Waals surface area contributed by atoms with Gasteiger partial charge in [-0.25, -0.2) is 23.5 Å². The van der Waals surface area contributed by atoms with Crippen molar-refractivity contribution < 1.29 is 38.8 Å². The van der Waals surface area contributed by atoms with Gasteiger partial charge in [0.05, 0.1) is 36.7 Å². The number of halogens is 5. The highest BCUT2D eigenvalue weighted by Crippen LogP contribution is 2.40. The number of urea groups is 1. The topological polar surface area (TPSA) is 92.5 Å². The number of nitrogens with zero attached hydrogens (tertiary/aromatic N) is 3. The fourth-order valence-corrected chi connectivity index (χ4v) is 4.16. The number of benzene rings is 1. The highest BCUT2D eigenvalue weighted by molar-refractivity contribution is 5.89. The number of carbonyl (C=O) groups is 1. The van der Waals surface area contributed by atoms with Gasteiger partial charge in [-0.3, -0.25) is 0 Å². The Kier molecular flexibility index (Phi) is 5.11. The Bertz CT molecular complexity index is 1260. The van der Waals surface area contributed by atoms with Gasteiger partial charge in [0.1, 0.15) is 11.6 Å². The molecular formula is C21H22F5N5O3. The third kappa shape index (κ3) is 3.89. The molecule has 1 spiro atoms. The molecule has 2 fully saturated rings. The quantitative estimate of drug-likeness (QED) is 0.524. The number of carbonyl (C=O) groups excluding carboxylic acids is 1. The summed E-state index contributed by atoms with van der Waals surface area (Å²) >= 11 is 0. The molecule has 0 unspecified atom stereocenters. The first kappa shape index (κ1) is 22.3. The summed E-state index contributed by atoms with van der Waals surface area (Å²) in [4.78, 5) is 22.5. The molecule has 0 aliphatic carbocycles. The van der Waals surface area contributed by atoms with Crippen LogP contribution in [0.1, 0.15) is 20.2 Å². The fraction of sp³-hybridized carbons (Fsp3) is 0.381. The first-order chi connectivity index (χ1) is 16.0. The van der Waals surface area contributed by atoms with Crippen molar-refractivity contribution in [2.24, 2.45) is 5.41 Å². The molecule has 0 saturated carbocycles. The van der Waals surface area contributed by atoms with Gasteiger partial charge in [0.2, 0.25) is 5.95 Å². The van der Waals surface area contributed by atoms with Gasteiger partial charge in [-0.05, 0) is 13.0 Å². The van der Waals surface area contributed by atoms with Crippen LogP contribution in [-0.4, -0.2) is 48.5 Å². The van der Waals surface area contributed by atoms with Gasteiger partial charge >= 0.3 is 12.2 Å². The first-order valence-corrected chi connectivity index (χ1v) is 10.2. The van der Waals surface area contributed by atoms with Crippen LogP contribution in [0, 0.1) is 24.0 Å². The predicted octanol–water partition coefficient (Wildman–Crippen LogP) is 4.56. The van der Waals surface area contributed by atoms with Gasteiger partial charge < -0.3 is 24.7 Å². The number of alkyl halides is 3. The summed E-state index contributed by atoms with van der Waals surface area (Å²) in [5.74, 6) is -2.43. The average molecular weight is 487 g/mol. The Morgan fingerprint density at radius 3 is 2.47 bits per heavy atom. The van der Waals surface area contributed by atoms with Crippen molar-refractivity contribution in [3.63, 3.8) is 0 Å². The minimum Gasteiger partial charge on any atom is -0.455 e. The Labute approximate surface area is 192 Å². The van der Waals surface area contributed by atoms with E-state index >= 15 is 0 Å². The van der Waals surface area contributed by atoms with E-state index in [1.807, 2.05) is 4.90 Å². The lowest BCUT2D eigenvalue weighted by atomic mass is 9.78. The summed E-state index contributed by atoms with van der Waals surface area (Å²) in [6.07, 6.45) is -2.43. The van der Waals surface area contributed by atoms with Crippen molar-refractivity contribution in [2.75, 3.05) is 36.5 Å². The van der Waals surface area contributed by atoms with Crippen molar-refractivity contribution in [3.8, 4) is 0 Å². The summed E-state index contributed by atoms with van der Waals surface area (Å²) in [7, 11) is 0. The van der Waals surface area contributed by atoms with E-state index in [9.17, 15) is 26.7 Å². The monoisotopic (exact) mass is 487 g/mol. The van der Waals surface area contributed by atoms with Crippen LogP contribution in [0.2, 0.25) is 0 Å². The zero-order valence-corrected chi connectivity index (χ0v) is 17.7. The number of rotatable bonds is 4. The first-order valence-electron chi connectivity index (χ1n) is 10.2. The molecule has 8 nitrogen and oxygen atoms in total. The highest BCUT2D eigenvalue weighted by atomic mass is 19.4. The smallest absolute Gasteiger partial charge is 0.416 e. The highest BCUT2D eigenvalue weighted by Gasteiger charge is 2.50. The number of aromatic nitrogens is 2. The molecule has 5 rings (SSSR count). The molecule has 2 aliphatic rings. The Hall–Kier alpha value is -3.48. The normalized spacial score (nSPS) is 17.9. The molecule has 184 valence electrons. The van der Waals surface area contributed by atoms with E-state index in [4.69, 9.17) is 9.15 Å². The van der Waals surface area contributed by atoms with Gasteiger partial charge in [0, 0.05) is 33.0 Å². The fourth-order valence-electron chi connectivity index (χ4n) is 4.16. The van der Waals surface area contributed by atoms with Crippen LogP contribution < -0.4 is 15.5 Å². The molecule has 2 amide bonds. The van der Waals surface area contributed by atoms with E-state index in [2.05, 4.69) is 15.3 Å². The minimum absolute atomic E-state index is 0. The zero-order valence-electron chi connectivity index (χ0n) is 17.7. The van der Waals surface area contributed by atoms with Crippen LogP contribution >= 0.6 is 0 Å². The second-order valence-electron chi connectivity index (χ2n) is 8.55. The number of aryl methyl sites for hydroxylation is 1. The van der Waals surface area contributed by atoms with Crippen molar-refractivity contribution in [3.05, 3.63) is 47.5 Å². The van der Waals surface area contributed by atoms with Crippen LogP contribution in [0.15, 0.2) is 28.9 Å². The second kappa shape index (κ2) is 7.79. The molecular weight excluding hydrogens is 465 g/mol. The lowest BCUT2D eigenvalue weighted by Gasteiger charge is -2.54. The van der Waals surface area contributed by atoms with Gasteiger partial charge in [-0.15, -0.1) is 0 Å². The summed E-state index contributed by atoms with van der Waals surface area (Å²) in [6, 6.07) is -2.45. The van der Waals surface area contributed by atoms with E-state index in [-0.39, 0.29) is 24.9 Å². The van der Waals surface area contributed by atoms with Crippen LogP contribution in [0.25, 0.3) is 11.0 Å². The molecule has 0 radical (unpaired) electrons. The van der Waals surface area contributed by atoms with Crippen LogP contribution in [0.5, 0.6) is 0 Å². The largest absolute Gasteiger partial charge is 0.455 e. The lowest BCUT2D eigenvalue weighted by molar-refractivity contribution is -0.158. The van der Waals surface area contributed by atoms with Gasteiger partial charge in [0.15, 0.2) is 17.4 Å². The number of amides is 2. The molecule has 3 aromatic rings. The Balaban J connectivity index is 0.00000180. The molecule has 4 heterocycles. The third-order valence-corrected chi connectivity index (χ3v) is 5.91. The van der Waals surface area contributed by atoms with Crippen LogP contribution in [-0.2, 0) is 4.74 Å². The van der Waals surface area contributed by atoms with Crippen molar-refractivity contribution in [2.45, 2.75) is 19.1 Å². The van der Waals surface area contributed by atoms with Crippen LogP contribution in [0.4, 0.5) is 38.4 Å². The lowest BCUT2D eigenvalue weighted by Crippen LogP contribution is -2.66. The van der Waals surface area contributed by atoms with E-state index in [1.165, 1.54) is 19.3 Å². The summed E-state index contributed by atoms with van der Waals surface area (Å²) in [6.45, 7) is 4.09. The van der Waals surface area contributed by atoms with E-state index < -0.39 is 41.2 Å². The molecule has 34 heavy (non-hydrogen) atoms. The maximum atomic E-state index is 14.0. The Morgan fingerprint density at radius 1 is 1.21 bits per heavy atom. The molecule has 2 N–H and O–H groups in total. The standard InChI is InChI=1S/C21H18F5N5O3.2H2/c1-10-13-2-11(22)3-14(23)16(13)34-15(10)17(21(24,25)26)30-19(32)29-12-4-27-18(28-5-12)31-6-20(7-31)8-33-9-20;;/h2-5,17H,6-9H2,1H3,(H2,29,30,32);2*1H/t17-;;/m1../s1. The van der Waals surface area contributed by atoms with Crippen LogP contribution in [0.3, 0.4) is 0 Å². The van der Waals surface area contributed by atoms with Crippen molar-refractivity contribution >= 4 is 28.6 Å². The number of ether oxygens (including phenoxy) is 1. The van der Waals surface area contributed by atoms with Gasteiger partial charge in [-0.1, -0.05) is 0 Å². The van der Waals surface area contributed by atoms with Gasteiger partial charge in [0.25, 0.3) is 0 Å². The SMILES string of the molecule is Cc1c([C@@H](NC(=O)Nc2cnc(N3CC4(COC4)C3)nc2)C(F)(F)F)oc2c(F)cc(F)cc12.[HH].[HH]. The molecule has 2 aromatic heterocycles. The molecule has 1 atom stereocenters. The number of hydrogen-bond donors (Lipinski definition) is 2. The van der Waals surface area contributed by atoms with E-state index in [1.54, 1.807) is 5.32 Å². The number of furan rings is 1. The maximum Gasteiger partial charge on any atom is 0.416 e. The molecule has 1 aromatic carbocycles. The van der Waals surface area contributed by atoms with Crippen molar-refractivity contribution in [1.29, 1.82) is 0 Å². The zero-order chi connectivity index (χ0) is 24.3. The average Bonchev–Trinajstić information content (AvgIpc) is 3.01. The molecule has 2 aliphatic heterocycles. The number of fused-ring (bicyclic) bond motifs is 1. The predicted molar refractivity (Wildman–Crippen MR) is 114 cm³/mol. The molecule has 2 saturated heterocycles. The number of nitrogens with one attached hydrogen (secondary N) is 2. The number of anilines is 2. The number of hydrogen-bond acceptors (Lipinski definition) is 6. The molecule has 13 heteroatoms. The third-order valence-electron chi connectivity index (χ3n) is 5.91. The maximum absolute atomic E-state index is 14.0.